The Kier molecular flexibility index (Phi) is 5.93. The van der Waals surface area contributed by atoms with Crippen molar-refractivity contribution in [3.05, 3.63) is 64.6 Å². The van der Waals surface area contributed by atoms with E-state index in [9.17, 15) is 4.79 Å². The first-order valence-electron chi connectivity index (χ1n) is 9.61. The number of hydrogen-bond donors (Lipinski definition) is 1. The molecule has 1 saturated heterocycles. The van der Waals surface area contributed by atoms with Crippen molar-refractivity contribution in [2.75, 3.05) is 20.1 Å². The Labute approximate surface area is 167 Å². The number of amides is 1. The Balaban J connectivity index is 1.82. The second-order valence-electron chi connectivity index (χ2n) is 7.32. The number of rotatable bonds is 3. The number of benzene rings is 1. The van der Waals surface area contributed by atoms with E-state index < -0.39 is 0 Å². The van der Waals surface area contributed by atoms with E-state index in [2.05, 4.69) is 40.3 Å². The van der Waals surface area contributed by atoms with Crippen LogP contribution in [0, 0.1) is 13.8 Å². The molecule has 0 bridgehead atoms. The van der Waals surface area contributed by atoms with E-state index in [-0.39, 0.29) is 5.91 Å². The van der Waals surface area contributed by atoms with Crippen molar-refractivity contribution in [2.45, 2.75) is 33.6 Å². The van der Waals surface area contributed by atoms with Gasteiger partial charge in [-0.25, -0.2) is 0 Å². The van der Waals surface area contributed by atoms with E-state index in [1.807, 2.05) is 24.8 Å². The van der Waals surface area contributed by atoms with Gasteiger partial charge in [-0.05, 0) is 31.0 Å². The van der Waals surface area contributed by atoms with Crippen molar-refractivity contribution in [1.29, 1.82) is 0 Å². The average Bonchev–Trinajstić information content (AvgIpc) is 2.68. The molecule has 0 unspecified atom stereocenters. The maximum absolute atomic E-state index is 11.8. The maximum atomic E-state index is 11.8. The molecule has 2 heterocycles. The summed E-state index contributed by atoms with van der Waals surface area (Å²) in [6.07, 6.45) is 1.40. The molecular formula is C23H28N4O. The van der Waals surface area contributed by atoms with Crippen molar-refractivity contribution in [3.8, 4) is 11.1 Å². The minimum absolute atomic E-state index is 0.0758. The van der Waals surface area contributed by atoms with Gasteiger partial charge in [0.1, 0.15) is 0 Å². The molecule has 1 amide bonds. The lowest BCUT2D eigenvalue weighted by molar-refractivity contribution is -0.128. The van der Waals surface area contributed by atoms with Crippen LogP contribution >= 0.6 is 0 Å². The molecule has 0 spiro atoms. The van der Waals surface area contributed by atoms with E-state index in [1.54, 1.807) is 14.0 Å². The highest BCUT2D eigenvalue weighted by molar-refractivity contribution is 6.02. The highest BCUT2D eigenvalue weighted by Gasteiger charge is 2.23. The van der Waals surface area contributed by atoms with Gasteiger partial charge < -0.3 is 10.6 Å². The lowest BCUT2D eigenvalue weighted by Crippen LogP contribution is -2.40. The quantitative estimate of drug-likeness (QED) is 0.892. The largest absolute Gasteiger partial charge is 0.401 e. The molecule has 2 aromatic rings. The van der Waals surface area contributed by atoms with Gasteiger partial charge in [-0.2, -0.15) is 0 Å². The van der Waals surface area contributed by atoms with E-state index in [1.165, 1.54) is 0 Å². The molecule has 0 radical (unpaired) electrons. The molecule has 1 aromatic heterocycles. The fourth-order valence-electron chi connectivity index (χ4n) is 3.68. The number of allylic oxidation sites excluding steroid dienone is 1. The molecule has 0 atom stereocenters. The summed E-state index contributed by atoms with van der Waals surface area (Å²) in [5, 5.41) is 0. The predicted molar refractivity (Wildman–Crippen MR) is 114 cm³/mol. The summed E-state index contributed by atoms with van der Waals surface area (Å²) in [6.45, 7) is 6.89. The van der Waals surface area contributed by atoms with Gasteiger partial charge in [0.15, 0.2) is 0 Å². The van der Waals surface area contributed by atoms with Crippen LogP contribution in [0.4, 0.5) is 0 Å². The molecule has 146 valence electrons. The summed E-state index contributed by atoms with van der Waals surface area (Å²) in [7, 11) is 1.79. The number of aliphatic imine (C=N–C) groups is 1. The van der Waals surface area contributed by atoms with Crippen LogP contribution in [-0.4, -0.2) is 41.6 Å². The lowest BCUT2D eigenvalue weighted by atomic mass is 9.96. The fraction of sp³-hybridized carbons (Fsp3) is 0.348. The second kappa shape index (κ2) is 8.38. The first-order valence-corrected chi connectivity index (χ1v) is 9.61. The third-order valence-corrected chi connectivity index (χ3v) is 5.30. The molecule has 1 aliphatic rings. The molecular weight excluding hydrogens is 348 g/mol. The van der Waals surface area contributed by atoms with Crippen LogP contribution in [0.2, 0.25) is 0 Å². The smallest absolute Gasteiger partial charge is 0.219 e. The van der Waals surface area contributed by atoms with Crippen LogP contribution < -0.4 is 5.73 Å². The van der Waals surface area contributed by atoms with Gasteiger partial charge in [0.25, 0.3) is 0 Å². The Hall–Kier alpha value is -2.95. The van der Waals surface area contributed by atoms with Gasteiger partial charge in [0.05, 0.1) is 0 Å². The number of hydrogen-bond acceptors (Lipinski definition) is 4. The highest BCUT2D eigenvalue weighted by Crippen LogP contribution is 2.24. The Bertz CT molecular complexity index is 942. The topological polar surface area (TPSA) is 71.6 Å². The maximum Gasteiger partial charge on any atom is 0.219 e. The Morgan fingerprint density at radius 2 is 1.89 bits per heavy atom. The van der Waals surface area contributed by atoms with Crippen LogP contribution in [0.15, 0.2) is 52.7 Å². The summed E-state index contributed by atoms with van der Waals surface area (Å²) >= 11 is 0. The zero-order valence-electron chi connectivity index (χ0n) is 17.1. The Morgan fingerprint density at radius 1 is 1.18 bits per heavy atom. The van der Waals surface area contributed by atoms with Gasteiger partial charge in [-0.1, -0.05) is 30.3 Å². The van der Waals surface area contributed by atoms with Crippen LogP contribution in [0.25, 0.3) is 11.1 Å². The predicted octanol–water partition coefficient (Wildman–Crippen LogP) is 3.44. The van der Waals surface area contributed by atoms with Crippen molar-refractivity contribution < 1.29 is 4.79 Å². The molecule has 0 aliphatic carbocycles. The van der Waals surface area contributed by atoms with Crippen molar-refractivity contribution >= 4 is 11.6 Å². The van der Waals surface area contributed by atoms with Gasteiger partial charge >= 0.3 is 0 Å². The molecule has 2 N–H and O–H groups in total. The van der Waals surface area contributed by atoms with Crippen LogP contribution in [-0.2, 0) is 11.2 Å². The number of carbonyl (C=O) groups is 1. The fourth-order valence-corrected chi connectivity index (χ4v) is 3.68. The number of pyridine rings is 1. The summed E-state index contributed by atoms with van der Waals surface area (Å²) < 4.78 is 0. The zero-order chi connectivity index (χ0) is 20.3. The summed E-state index contributed by atoms with van der Waals surface area (Å²) in [4.78, 5) is 22.5. The summed E-state index contributed by atoms with van der Waals surface area (Å²) in [5.41, 5.74) is 14.7. The third kappa shape index (κ3) is 4.30. The molecule has 3 rings (SSSR count). The van der Waals surface area contributed by atoms with E-state index in [0.717, 1.165) is 51.5 Å². The number of aryl methyl sites for hydroxylation is 2. The standard InChI is InChI=1S/C23H28N4O/c1-15-5-10-20(16(2)26-15)19-8-6-18(7-9-19)13-22(24)21-14-27(17(3)28)12-11-23(21)25-4/h5-10H,11-14,24H2,1-4H3. The number of carbonyl (C=O) groups excluding carboxylic acids is 1. The first-order chi connectivity index (χ1) is 13.4. The molecule has 28 heavy (non-hydrogen) atoms. The van der Waals surface area contributed by atoms with Crippen LogP contribution in [0.3, 0.4) is 0 Å². The first kappa shape index (κ1) is 19.8. The van der Waals surface area contributed by atoms with Crippen molar-refractivity contribution in [1.82, 2.24) is 9.88 Å². The number of nitrogens with two attached hydrogens (primary N) is 1. The normalized spacial score (nSPS) is 17.7. The lowest BCUT2D eigenvalue weighted by Gasteiger charge is -2.30. The number of aromatic nitrogens is 1. The summed E-state index contributed by atoms with van der Waals surface area (Å²) in [6, 6.07) is 12.6. The minimum Gasteiger partial charge on any atom is -0.401 e. The monoisotopic (exact) mass is 376 g/mol. The number of nitrogens with zero attached hydrogens (tertiary/aromatic N) is 3. The van der Waals surface area contributed by atoms with Gasteiger partial charge in [-0.15, -0.1) is 0 Å². The second-order valence-corrected chi connectivity index (χ2v) is 7.32. The third-order valence-electron chi connectivity index (χ3n) is 5.30. The van der Waals surface area contributed by atoms with Crippen molar-refractivity contribution in [2.24, 2.45) is 10.7 Å². The van der Waals surface area contributed by atoms with Gasteiger partial charge in [0.2, 0.25) is 5.91 Å². The SMILES string of the molecule is CN=C1CCN(C(C)=O)CC1=C(N)Cc1ccc(-c2ccc(C)nc2C)cc1. The Morgan fingerprint density at radius 3 is 2.50 bits per heavy atom. The van der Waals surface area contributed by atoms with Crippen LogP contribution in [0.1, 0.15) is 30.3 Å². The molecule has 1 aromatic carbocycles. The molecule has 5 heteroatoms. The molecule has 0 saturated carbocycles. The zero-order valence-corrected chi connectivity index (χ0v) is 17.1. The molecule has 5 nitrogen and oxygen atoms in total. The molecule has 1 aliphatic heterocycles. The van der Waals surface area contributed by atoms with Crippen LogP contribution in [0.5, 0.6) is 0 Å². The average molecular weight is 377 g/mol. The minimum atomic E-state index is 0.0758. The van der Waals surface area contributed by atoms with E-state index in [0.29, 0.717) is 19.5 Å². The van der Waals surface area contributed by atoms with Gasteiger partial charge in [0, 0.05) is 73.8 Å². The number of piperidine rings is 1. The van der Waals surface area contributed by atoms with E-state index >= 15 is 0 Å². The number of likely N-dealkylation sites (tertiary alicyclic amines) is 1. The van der Waals surface area contributed by atoms with Gasteiger partial charge in [-0.3, -0.25) is 14.8 Å². The summed E-state index contributed by atoms with van der Waals surface area (Å²) in [5.74, 6) is 0.0758. The van der Waals surface area contributed by atoms with E-state index in [4.69, 9.17) is 5.73 Å². The highest BCUT2D eigenvalue weighted by atomic mass is 16.2. The van der Waals surface area contributed by atoms with Crippen molar-refractivity contribution in [3.63, 3.8) is 0 Å². The molecule has 1 fully saturated rings.